The first kappa shape index (κ1) is 18.6. The second kappa shape index (κ2) is 7.58. The van der Waals surface area contributed by atoms with Gasteiger partial charge in [0, 0.05) is 48.9 Å². The Morgan fingerprint density at radius 2 is 2.04 bits per heavy atom. The monoisotopic (exact) mass is 354 g/mol. The maximum atomic E-state index is 12.9. The SMILES string of the molecule is CC(C)c1ncc(-c2[c]c(N3CCC[C@H](N)C3)ncc2)n(C(C)C)c1=O. The minimum Gasteiger partial charge on any atom is -0.355 e. The lowest BCUT2D eigenvalue weighted by molar-refractivity contribution is 0.503. The first-order valence-electron chi connectivity index (χ1n) is 9.39. The van der Waals surface area contributed by atoms with E-state index in [1.165, 1.54) is 0 Å². The van der Waals surface area contributed by atoms with Gasteiger partial charge in [0.2, 0.25) is 0 Å². The van der Waals surface area contributed by atoms with Gasteiger partial charge in [-0.3, -0.25) is 9.78 Å². The van der Waals surface area contributed by atoms with Crippen molar-refractivity contribution in [2.24, 2.45) is 5.73 Å². The molecule has 0 amide bonds. The van der Waals surface area contributed by atoms with Crippen molar-refractivity contribution >= 4 is 5.82 Å². The van der Waals surface area contributed by atoms with Crippen molar-refractivity contribution in [3.63, 3.8) is 0 Å². The molecule has 26 heavy (non-hydrogen) atoms. The van der Waals surface area contributed by atoms with E-state index in [0.29, 0.717) is 5.69 Å². The molecule has 2 aromatic rings. The third-order valence-electron chi connectivity index (χ3n) is 4.80. The molecule has 0 aliphatic carbocycles. The van der Waals surface area contributed by atoms with Crippen LogP contribution in [-0.4, -0.2) is 33.7 Å². The fourth-order valence-corrected chi connectivity index (χ4v) is 3.48. The van der Waals surface area contributed by atoms with Gasteiger partial charge in [0.05, 0.1) is 11.9 Å². The van der Waals surface area contributed by atoms with Gasteiger partial charge >= 0.3 is 0 Å². The number of piperidine rings is 1. The summed E-state index contributed by atoms with van der Waals surface area (Å²) in [6.45, 7) is 9.73. The molecule has 6 heteroatoms. The van der Waals surface area contributed by atoms with Crippen molar-refractivity contribution in [2.45, 2.75) is 58.5 Å². The Hall–Kier alpha value is -2.21. The smallest absolute Gasteiger partial charge is 0.273 e. The highest BCUT2D eigenvalue weighted by atomic mass is 16.1. The molecule has 2 N–H and O–H groups in total. The molecule has 0 bridgehead atoms. The molecule has 0 unspecified atom stereocenters. The molecule has 0 saturated carbocycles. The van der Waals surface area contributed by atoms with E-state index >= 15 is 0 Å². The van der Waals surface area contributed by atoms with Crippen molar-refractivity contribution in [1.82, 2.24) is 14.5 Å². The lowest BCUT2D eigenvalue weighted by atomic mass is 10.1. The second-order valence-electron chi connectivity index (χ2n) is 7.61. The lowest BCUT2D eigenvalue weighted by Crippen LogP contribution is -2.43. The first-order valence-corrected chi connectivity index (χ1v) is 9.39. The highest BCUT2D eigenvalue weighted by Crippen LogP contribution is 2.25. The van der Waals surface area contributed by atoms with Crippen LogP contribution in [0.3, 0.4) is 0 Å². The average molecular weight is 354 g/mol. The van der Waals surface area contributed by atoms with Gasteiger partial charge in [-0.2, -0.15) is 0 Å². The van der Waals surface area contributed by atoms with Crippen molar-refractivity contribution in [3.05, 3.63) is 40.6 Å². The number of nitrogens with two attached hydrogens (primary N) is 1. The van der Waals surface area contributed by atoms with Crippen LogP contribution < -0.4 is 16.2 Å². The van der Waals surface area contributed by atoms with Crippen LogP contribution in [0.1, 0.15) is 58.2 Å². The molecule has 1 saturated heterocycles. The van der Waals surface area contributed by atoms with Crippen molar-refractivity contribution < 1.29 is 0 Å². The molecule has 6 nitrogen and oxygen atoms in total. The molecule has 1 atom stereocenters. The maximum Gasteiger partial charge on any atom is 0.273 e. The van der Waals surface area contributed by atoms with E-state index in [9.17, 15) is 4.79 Å². The Morgan fingerprint density at radius 1 is 1.27 bits per heavy atom. The van der Waals surface area contributed by atoms with Gasteiger partial charge in [-0.15, -0.1) is 0 Å². The van der Waals surface area contributed by atoms with E-state index in [1.807, 2.05) is 33.8 Å². The van der Waals surface area contributed by atoms with Crippen LogP contribution in [0.4, 0.5) is 5.82 Å². The predicted octanol–water partition coefficient (Wildman–Crippen LogP) is 2.74. The van der Waals surface area contributed by atoms with Crippen molar-refractivity contribution in [1.29, 1.82) is 0 Å². The molecule has 1 aliphatic heterocycles. The van der Waals surface area contributed by atoms with E-state index in [0.717, 1.165) is 43.0 Å². The van der Waals surface area contributed by atoms with Crippen LogP contribution in [0.15, 0.2) is 23.3 Å². The minimum atomic E-state index is -0.0285. The van der Waals surface area contributed by atoms with Gasteiger partial charge < -0.3 is 15.2 Å². The van der Waals surface area contributed by atoms with Crippen LogP contribution in [-0.2, 0) is 0 Å². The van der Waals surface area contributed by atoms with Gasteiger partial charge in [0.15, 0.2) is 0 Å². The van der Waals surface area contributed by atoms with Gasteiger partial charge in [-0.25, -0.2) is 4.98 Å². The number of nitrogens with zero attached hydrogens (tertiary/aromatic N) is 4. The molecular formula is C20H28N5O. The summed E-state index contributed by atoms with van der Waals surface area (Å²) in [5.41, 5.74) is 8.28. The summed E-state index contributed by atoms with van der Waals surface area (Å²) < 4.78 is 1.81. The van der Waals surface area contributed by atoms with E-state index in [1.54, 1.807) is 17.0 Å². The molecule has 1 fully saturated rings. The van der Waals surface area contributed by atoms with E-state index < -0.39 is 0 Å². The molecule has 1 aliphatic rings. The van der Waals surface area contributed by atoms with Gasteiger partial charge in [0.1, 0.15) is 11.5 Å². The number of rotatable bonds is 4. The zero-order valence-electron chi connectivity index (χ0n) is 16.1. The van der Waals surface area contributed by atoms with Crippen molar-refractivity contribution in [3.8, 4) is 11.3 Å². The number of hydrogen-bond acceptors (Lipinski definition) is 5. The zero-order valence-corrected chi connectivity index (χ0v) is 16.1. The molecule has 3 heterocycles. The van der Waals surface area contributed by atoms with Crippen molar-refractivity contribution in [2.75, 3.05) is 18.0 Å². The fraction of sp³-hybridized carbons (Fsp3) is 0.550. The predicted molar refractivity (Wildman–Crippen MR) is 104 cm³/mol. The summed E-state index contributed by atoms with van der Waals surface area (Å²) in [7, 11) is 0. The summed E-state index contributed by atoms with van der Waals surface area (Å²) in [6, 6.07) is 5.47. The Kier molecular flexibility index (Phi) is 5.41. The Labute approximate surface area is 155 Å². The maximum absolute atomic E-state index is 12.9. The Morgan fingerprint density at radius 3 is 2.69 bits per heavy atom. The van der Waals surface area contributed by atoms with Crippen LogP contribution in [0.25, 0.3) is 11.3 Å². The third-order valence-corrected chi connectivity index (χ3v) is 4.80. The largest absolute Gasteiger partial charge is 0.355 e. The fourth-order valence-electron chi connectivity index (χ4n) is 3.48. The summed E-state index contributed by atoms with van der Waals surface area (Å²) >= 11 is 0. The molecule has 139 valence electrons. The van der Waals surface area contributed by atoms with E-state index in [-0.39, 0.29) is 23.6 Å². The highest BCUT2D eigenvalue weighted by molar-refractivity contribution is 5.62. The summed E-state index contributed by atoms with van der Waals surface area (Å²) in [4.78, 5) is 24.0. The number of aromatic nitrogens is 3. The minimum absolute atomic E-state index is 0.0285. The Bertz CT molecular complexity index is 827. The van der Waals surface area contributed by atoms with Crippen LogP contribution in [0, 0.1) is 6.07 Å². The summed E-state index contributed by atoms with van der Waals surface area (Å²) in [5, 5.41) is 0. The van der Waals surface area contributed by atoms with E-state index in [2.05, 4.69) is 20.9 Å². The summed E-state index contributed by atoms with van der Waals surface area (Å²) in [5.74, 6) is 0.877. The molecule has 1 radical (unpaired) electrons. The van der Waals surface area contributed by atoms with Gasteiger partial charge in [-0.1, -0.05) is 13.8 Å². The topological polar surface area (TPSA) is 77.0 Å². The van der Waals surface area contributed by atoms with Gasteiger partial charge in [-0.05, 0) is 32.8 Å². The number of anilines is 1. The second-order valence-corrected chi connectivity index (χ2v) is 7.61. The quantitative estimate of drug-likeness (QED) is 0.913. The first-order chi connectivity index (χ1) is 12.4. The van der Waals surface area contributed by atoms with Crippen LogP contribution in [0.5, 0.6) is 0 Å². The third kappa shape index (κ3) is 3.65. The van der Waals surface area contributed by atoms with Gasteiger partial charge in [0.25, 0.3) is 5.56 Å². The van der Waals surface area contributed by atoms with E-state index in [4.69, 9.17) is 5.73 Å². The molecule has 0 spiro atoms. The average Bonchev–Trinajstić information content (AvgIpc) is 2.61. The highest BCUT2D eigenvalue weighted by Gasteiger charge is 2.20. The number of pyridine rings is 1. The van der Waals surface area contributed by atoms with Crippen LogP contribution >= 0.6 is 0 Å². The Balaban J connectivity index is 2.05. The summed E-state index contributed by atoms with van der Waals surface area (Å²) in [6.07, 6.45) is 5.66. The normalized spacial score (nSPS) is 18.0. The van der Waals surface area contributed by atoms with Crippen LogP contribution in [0.2, 0.25) is 0 Å². The molecule has 3 rings (SSSR count). The standard InChI is InChI=1S/C20H28N5O/c1-13(2)19-20(26)25(14(3)4)17(11-23-19)15-7-8-22-18(10-15)24-9-5-6-16(21)12-24/h7-8,11,13-14,16H,5-6,9,12,21H2,1-4H3/t16-/m0/s1. The molecule has 0 aromatic carbocycles. The molecule has 2 aromatic heterocycles. The number of hydrogen-bond donors (Lipinski definition) is 1. The molecular weight excluding hydrogens is 326 g/mol. The lowest BCUT2D eigenvalue weighted by Gasteiger charge is -2.31. The zero-order chi connectivity index (χ0) is 18.8.